The van der Waals surface area contributed by atoms with Crippen molar-refractivity contribution in [2.24, 2.45) is 0 Å². The van der Waals surface area contributed by atoms with Gasteiger partial charge in [0.2, 0.25) is 0 Å². The van der Waals surface area contributed by atoms with E-state index in [0.29, 0.717) is 17.2 Å². The average molecular weight is 236 g/mol. The summed E-state index contributed by atoms with van der Waals surface area (Å²) in [5, 5.41) is 0. The Kier molecular flexibility index (Phi) is 4.55. The number of para-hydroxylation sites is 1. The average Bonchev–Trinajstić information content (AvgIpc) is 2.27. The molecule has 0 aliphatic carbocycles. The Morgan fingerprint density at radius 3 is 2.29 bits per heavy atom. The Morgan fingerprint density at radius 2 is 1.82 bits per heavy atom. The lowest BCUT2D eigenvalue weighted by Crippen LogP contribution is -2.13. The molecule has 0 bridgehead atoms. The van der Waals surface area contributed by atoms with Crippen LogP contribution >= 0.6 is 0 Å². The van der Waals surface area contributed by atoms with Gasteiger partial charge in [0.1, 0.15) is 11.3 Å². The van der Waals surface area contributed by atoms with E-state index in [0.717, 1.165) is 5.56 Å². The predicted molar refractivity (Wildman–Crippen MR) is 67.6 cm³/mol. The van der Waals surface area contributed by atoms with Gasteiger partial charge in [0, 0.05) is 0 Å². The standard InChI is InChI=1S/C14H20O3/c1-9(2)11-7-6-8-12(14(15)16-5)13(11)17-10(3)4/h6-10H,1-5H3. The molecule has 0 fully saturated rings. The SMILES string of the molecule is COC(=O)c1cccc(C(C)C)c1OC(C)C. The van der Waals surface area contributed by atoms with Crippen molar-refractivity contribution in [1.82, 2.24) is 0 Å². The van der Waals surface area contributed by atoms with Gasteiger partial charge in [-0.1, -0.05) is 26.0 Å². The Balaban J connectivity index is 3.28. The van der Waals surface area contributed by atoms with Crippen molar-refractivity contribution in [1.29, 1.82) is 0 Å². The Morgan fingerprint density at radius 1 is 1.18 bits per heavy atom. The molecule has 0 aliphatic heterocycles. The summed E-state index contributed by atoms with van der Waals surface area (Å²) in [5.74, 6) is 0.584. The van der Waals surface area contributed by atoms with Gasteiger partial charge in [-0.05, 0) is 31.4 Å². The van der Waals surface area contributed by atoms with Gasteiger partial charge in [0.05, 0.1) is 13.2 Å². The van der Waals surface area contributed by atoms with Crippen LogP contribution in [0.5, 0.6) is 5.75 Å². The van der Waals surface area contributed by atoms with Crippen LogP contribution in [0.25, 0.3) is 0 Å². The molecule has 0 amide bonds. The summed E-state index contributed by atoms with van der Waals surface area (Å²) in [6.07, 6.45) is 0.0262. The number of hydrogen-bond donors (Lipinski definition) is 0. The number of benzene rings is 1. The third kappa shape index (κ3) is 3.22. The highest BCUT2D eigenvalue weighted by molar-refractivity contribution is 5.93. The van der Waals surface area contributed by atoms with Crippen molar-refractivity contribution in [3.05, 3.63) is 29.3 Å². The van der Waals surface area contributed by atoms with Crippen LogP contribution in [0.15, 0.2) is 18.2 Å². The first-order chi connectivity index (χ1) is 7.97. The van der Waals surface area contributed by atoms with E-state index in [-0.39, 0.29) is 12.1 Å². The normalized spacial score (nSPS) is 10.8. The second kappa shape index (κ2) is 5.71. The van der Waals surface area contributed by atoms with E-state index in [2.05, 4.69) is 13.8 Å². The summed E-state index contributed by atoms with van der Waals surface area (Å²) in [6.45, 7) is 8.03. The molecule has 0 radical (unpaired) electrons. The number of esters is 1. The highest BCUT2D eigenvalue weighted by Gasteiger charge is 2.19. The summed E-state index contributed by atoms with van der Waals surface area (Å²) >= 11 is 0. The summed E-state index contributed by atoms with van der Waals surface area (Å²) < 4.78 is 10.5. The number of rotatable bonds is 4. The van der Waals surface area contributed by atoms with E-state index < -0.39 is 0 Å². The van der Waals surface area contributed by atoms with Crippen LogP contribution in [0.2, 0.25) is 0 Å². The molecular formula is C14H20O3. The summed E-state index contributed by atoms with van der Waals surface area (Å²) in [4.78, 5) is 11.7. The van der Waals surface area contributed by atoms with Gasteiger partial charge >= 0.3 is 5.97 Å². The van der Waals surface area contributed by atoms with E-state index in [1.807, 2.05) is 26.0 Å². The maximum absolute atomic E-state index is 11.7. The van der Waals surface area contributed by atoms with E-state index in [4.69, 9.17) is 9.47 Å². The molecule has 3 heteroatoms. The molecule has 0 heterocycles. The number of ether oxygens (including phenoxy) is 2. The van der Waals surface area contributed by atoms with Crippen LogP contribution in [0.3, 0.4) is 0 Å². The fourth-order valence-corrected chi connectivity index (χ4v) is 1.65. The molecule has 0 N–H and O–H groups in total. The van der Waals surface area contributed by atoms with Gasteiger partial charge in [0.15, 0.2) is 0 Å². The largest absolute Gasteiger partial charge is 0.490 e. The number of methoxy groups -OCH3 is 1. The molecule has 0 aliphatic rings. The van der Waals surface area contributed by atoms with E-state index in [9.17, 15) is 4.79 Å². The van der Waals surface area contributed by atoms with Crippen molar-refractivity contribution in [3.63, 3.8) is 0 Å². The monoisotopic (exact) mass is 236 g/mol. The van der Waals surface area contributed by atoms with E-state index >= 15 is 0 Å². The number of carbonyl (C=O) groups excluding carboxylic acids is 1. The second-order valence-corrected chi connectivity index (χ2v) is 4.54. The Labute approximate surface area is 103 Å². The fraction of sp³-hybridized carbons (Fsp3) is 0.500. The van der Waals surface area contributed by atoms with Gasteiger partial charge in [-0.2, -0.15) is 0 Å². The Bertz CT molecular complexity index is 394. The minimum atomic E-state index is -0.358. The van der Waals surface area contributed by atoms with Crippen LogP contribution in [-0.4, -0.2) is 19.2 Å². The first-order valence-corrected chi connectivity index (χ1v) is 5.85. The molecule has 0 spiro atoms. The highest BCUT2D eigenvalue weighted by atomic mass is 16.5. The summed E-state index contributed by atoms with van der Waals surface area (Å²) in [6, 6.07) is 5.57. The molecule has 94 valence electrons. The Hall–Kier alpha value is -1.51. The lowest BCUT2D eigenvalue weighted by molar-refractivity contribution is 0.0594. The molecule has 17 heavy (non-hydrogen) atoms. The third-order valence-corrected chi connectivity index (χ3v) is 2.43. The van der Waals surface area contributed by atoms with Crippen LogP contribution in [-0.2, 0) is 4.74 Å². The highest BCUT2D eigenvalue weighted by Crippen LogP contribution is 2.31. The second-order valence-electron chi connectivity index (χ2n) is 4.54. The number of carbonyl (C=O) groups is 1. The zero-order chi connectivity index (χ0) is 13.0. The topological polar surface area (TPSA) is 35.5 Å². The first kappa shape index (κ1) is 13.6. The quantitative estimate of drug-likeness (QED) is 0.752. The lowest BCUT2D eigenvalue weighted by Gasteiger charge is -2.19. The molecule has 0 saturated heterocycles. The van der Waals surface area contributed by atoms with Gasteiger partial charge < -0.3 is 9.47 Å². The van der Waals surface area contributed by atoms with Crippen LogP contribution in [0.4, 0.5) is 0 Å². The van der Waals surface area contributed by atoms with Crippen molar-refractivity contribution < 1.29 is 14.3 Å². The van der Waals surface area contributed by atoms with Crippen LogP contribution in [0.1, 0.15) is 49.5 Å². The summed E-state index contributed by atoms with van der Waals surface area (Å²) in [5.41, 5.74) is 1.52. The molecule has 1 aromatic rings. The maximum atomic E-state index is 11.7. The number of hydrogen-bond acceptors (Lipinski definition) is 3. The van der Waals surface area contributed by atoms with Crippen LogP contribution < -0.4 is 4.74 Å². The molecule has 1 aromatic carbocycles. The van der Waals surface area contributed by atoms with Crippen molar-refractivity contribution >= 4 is 5.97 Å². The maximum Gasteiger partial charge on any atom is 0.341 e. The van der Waals surface area contributed by atoms with E-state index in [1.165, 1.54) is 7.11 Å². The predicted octanol–water partition coefficient (Wildman–Crippen LogP) is 3.38. The molecular weight excluding hydrogens is 216 g/mol. The minimum absolute atomic E-state index is 0.0262. The van der Waals surface area contributed by atoms with Gasteiger partial charge in [-0.15, -0.1) is 0 Å². The molecule has 0 saturated carbocycles. The van der Waals surface area contributed by atoms with Gasteiger partial charge in [0.25, 0.3) is 0 Å². The van der Waals surface area contributed by atoms with Gasteiger partial charge in [-0.3, -0.25) is 0 Å². The molecule has 0 aromatic heterocycles. The molecule has 3 nitrogen and oxygen atoms in total. The van der Waals surface area contributed by atoms with Crippen molar-refractivity contribution in [2.75, 3.05) is 7.11 Å². The molecule has 1 rings (SSSR count). The smallest absolute Gasteiger partial charge is 0.341 e. The summed E-state index contributed by atoms with van der Waals surface area (Å²) in [7, 11) is 1.38. The van der Waals surface area contributed by atoms with Crippen LogP contribution in [0, 0.1) is 0 Å². The zero-order valence-electron chi connectivity index (χ0n) is 11.1. The van der Waals surface area contributed by atoms with E-state index in [1.54, 1.807) is 6.07 Å². The third-order valence-electron chi connectivity index (χ3n) is 2.43. The molecule has 0 atom stereocenters. The minimum Gasteiger partial charge on any atom is -0.490 e. The molecule has 0 unspecified atom stereocenters. The van der Waals surface area contributed by atoms with Crippen molar-refractivity contribution in [2.45, 2.75) is 39.7 Å². The van der Waals surface area contributed by atoms with Gasteiger partial charge in [-0.25, -0.2) is 4.79 Å². The first-order valence-electron chi connectivity index (χ1n) is 5.85. The fourth-order valence-electron chi connectivity index (χ4n) is 1.65. The zero-order valence-corrected chi connectivity index (χ0v) is 11.1. The van der Waals surface area contributed by atoms with Crippen molar-refractivity contribution in [3.8, 4) is 5.75 Å². The lowest BCUT2D eigenvalue weighted by atomic mass is 9.99.